The van der Waals surface area contributed by atoms with Gasteiger partial charge in [-0.3, -0.25) is 19.4 Å². The minimum atomic E-state index is -4.76. The van der Waals surface area contributed by atoms with Crippen LogP contribution in [0.3, 0.4) is 0 Å². The molecule has 4 rings (SSSR count). The quantitative estimate of drug-likeness (QED) is 0.634. The molecule has 0 radical (unpaired) electrons. The molecular formula is C23H31F3N4O4. The van der Waals surface area contributed by atoms with Gasteiger partial charge in [-0.2, -0.15) is 0 Å². The molecule has 1 aromatic rings. The predicted octanol–water partition coefficient (Wildman–Crippen LogP) is 1.33. The molecule has 0 aromatic heterocycles. The number of rotatable bonds is 6. The van der Waals surface area contributed by atoms with Crippen molar-refractivity contribution in [2.45, 2.75) is 62.8 Å². The number of carbonyl (C=O) groups excluding carboxylic acids is 2. The van der Waals surface area contributed by atoms with E-state index in [4.69, 9.17) is 0 Å². The summed E-state index contributed by atoms with van der Waals surface area (Å²) >= 11 is 0. The summed E-state index contributed by atoms with van der Waals surface area (Å²) in [5, 5.41) is 12.7. The molecule has 3 heterocycles. The smallest absolute Gasteiger partial charge is 0.406 e. The molecular weight excluding hydrogens is 453 g/mol. The second-order valence-electron chi connectivity index (χ2n) is 9.35. The number of β-amino-alcohol motifs (C(OH)–C–C–N with tert-alkyl or cyclic N) is 1. The van der Waals surface area contributed by atoms with Gasteiger partial charge in [-0.15, -0.1) is 13.2 Å². The van der Waals surface area contributed by atoms with E-state index in [0.29, 0.717) is 57.5 Å². The molecule has 8 nitrogen and oxygen atoms in total. The summed E-state index contributed by atoms with van der Waals surface area (Å²) in [5.41, 5.74) is 0.636. The van der Waals surface area contributed by atoms with E-state index in [9.17, 15) is 27.9 Å². The molecule has 2 amide bonds. The highest BCUT2D eigenvalue weighted by Gasteiger charge is 2.45. The SMILES string of the molecule is CN1C(CCC(=O)N2CCC(O)C2)CNC(=O)C2C1CCN2Cc1cccc(OC(F)(F)F)c1. The third kappa shape index (κ3) is 5.81. The van der Waals surface area contributed by atoms with Crippen molar-refractivity contribution in [3.8, 4) is 5.75 Å². The fraction of sp³-hybridized carbons (Fsp3) is 0.652. The van der Waals surface area contributed by atoms with E-state index in [-0.39, 0.29) is 29.6 Å². The van der Waals surface area contributed by atoms with Gasteiger partial charge in [0.25, 0.3) is 0 Å². The molecule has 3 aliphatic heterocycles. The van der Waals surface area contributed by atoms with E-state index in [1.807, 2.05) is 11.9 Å². The lowest BCUT2D eigenvalue weighted by atomic mass is 10.0. The van der Waals surface area contributed by atoms with Crippen LogP contribution in [-0.4, -0.2) is 95.4 Å². The number of amides is 2. The van der Waals surface area contributed by atoms with E-state index in [1.165, 1.54) is 18.2 Å². The van der Waals surface area contributed by atoms with Gasteiger partial charge < -0.3 is 20.1 Å². The maximum Gasteiger partial charge on any atom is 0.573 e. The first-order chi connectivity index (χ1) is 16.1. The van der Waals surface area contributed by atoms with Crippen LogP contribution < -0.4 is 10.1 Å². The number of aliphatic hydroxyl groups excluding tert-OH is 1. The van der Waals surface area contributed by atoms with Gasteiger partial charge in [-0.05, 0) is 44.0 Å². The molecule has 0 spiro atoms. The van der Waals surface area contributed by atoms with E-state index >= 15 is 0 Å². The number of nitrogens with zero attached hydrogens (tertiary/aromatic N) is 3. The number of likely N-dealkylation sites (N-methyl/N-ethyl adjacent to an activating group) is 1. The number of fused-ring (bicyclic) bond motifs is 1. The second kappa shape index (κ2) is 10.1. The largest absolute Gasteiger partial charge is 0.573 e. The molecule has 4 atom stereocenters. The Morgan fingerprint density at radius 1 is 1.26 bits per heavy atom. The third-order valence-electron chi connectivity index (χ3n) is 7.07. The van der Waals surface area contributed by atoms with Crippen molar-refractivity contribution in [2.75, 3.05) is 33.2 Å². The molecule has 2 N–H and O–H groups in total. The first-order valence-electron chi connectivity index (χ1n) is 11.6. The van der Waals surface area contributed by atoms with Gasteiger partial charge in [-0.1, -0.05) is 12.1 Å². The Kier molecular flexibility index (Phi) is 7.34. The van der Waals surface area contributed by atoms with Crippen LogP contribution in [0.4, 0.5) is 13.2 Å². The van der Waals surface area contributed by atoms with Gasteiger partial charge in [0.15, 0.2) is 0 Å². The molecule has 0 saturated carbocycles. The first kappa shape index (κ1) is 24.7. The van der Waals surface area contributed by atoms with E-state index < -0.39 is 18.5 Å². The highest BCUT2D eigenvalue weighted by molar-refractivity contribution is 5.83. The number of aliphatic hydroxyl groups is 1. The number of alkyl halides is 3. The molecule has 34 heavy (non-hydrogen) atoms. The van der Waals surface area contributed by atoms with E-state index in [0.717, 1.165) is 6.42 Å². The monoisotopic (exact) mass is 484 g/mol. The van der Waals surface area contributed by atoms with Crippen molar-refractivity contribution >= 4 is 11.8 Å². The van der Waals surface area contributed by atoms with Crippen molar-refractivity contribution < 1.29 is 32.6 Å². The van der Waals surface area contributed by atoms with Crippen LogP contribution in [0, 0.1) is 0 Å². The zero-order valence-electron chi connectivity index (χ0n) is 19.1. The van der Waals surface area contributed by atoms with Crippen LogP contribution in [0.15, 0.2) is 24.3 Å². The molecule has 0 aliphatic carbocycles. The predicted molar refractivity (Wildman–Crippen MR) is 117 cm³/mol. The maximum absolute atomic E-state index is 13.0. The van der Waals surface area contributed by atoms with Crippen LogP contribution in [0.5, 0.6) is 5.75 Å². The van der Waals surface area contributed by atoms with Crippen molar-refractivity contribution in [3.05, 3.63) is 29.8 Å². The maximum atomic E-state index is 13.0. The average Bonchev–Trinajstić information content (AvgIpc) is 3.35. The Bertz CT molecular complexity index is 899. The Balaban J connectivity index is 1.38. The summed E-state index contributed by atoms with van der Waals surface area (Å²) in [6.07, 6.45) is -2.90. The van der Waals surface area contributed by atoms with Gasteiger partial charge >= 0.3 is 6.36 Å². The fourth-order valence-corrected chi connectivity index (χ4v) is 5.32. The number of halogens is 3. The molecule has 188 valence electrons. The van der Waals surface area contributed by atoms with Crippen LogP contribution in [0.25, 0.3) is 0 Å². The van der Waals surface area contributed by atoms with Crippen LogP contribution in [0.1, 0.15) is 31.2 Å². The molecule has 3 fully saturated rings. The number of likely N-dealkylation sites (tertiary alicyclic amines) is 2. The lowest BCUT2D eigenvalue weighted by Gasteiger charge is -2.33. The van der Waals surface area contributed by atoms with Crippen molar-refractivity contribution in [3.63, 3.8) is 0 Å². The number of nitrogens with one attached hydrogen (secondary N) is 1. The first-order valence-corrected chi connectivity index (χ1v) is 11.6. The minimum Gasteiger partial charge on any atom is -0.406 e. The summed E-state index contributed by atoms with van der Waals surface area (Å²) in [6.45, 7) is 2.35. The Morgan fingerprint density at radius 3 is 2.76 bits per heavy atom. The molecule has 3 aliphatic rings. The van der Waals surface area contributed by atoms with Crippen molar-refractivity contribution in [1.82, 2.24) is 20.0 Å². The summed E-state index contributed by atoms with van der Waals surface area (Å²) in [7, 11) is 1.97. The topological polar surface area (TPSA) is 85.3 Å². The van der Waals surface area contributed by atoms with E-state index in [1.54, 1.807) is 11.0 Å². The van der Waals surface area contributed by atoms with Crippen LogP contribution >= 0.6 is 0 Å². The Hall–Kier alpha value is -2.37. The average molecular weight is 485 g/mol. The fourth-order valence-electron chi connectivity index (χ4n) is 5.32. The second-order valence-corrected chi connectivity index (χ2v) is 9.35. The number of carbonyl (C=O) groups is 2. The molecule has 4 unspecified atom stereocenters. The standard InChI is InChI=1S/C23H31F3N4O4/c1-28-16(5-6-20(32)29-9-7-17(31)14-29)12-27-22(33)21-19(28)8-10-30(21)13-15-3-2-4-18(11-15)34-23(24,25)26/h2-4,11,16-17,19,21,31H,5-10,12-14H2,1H3,(H,27,33). The van der Waals surface area contributed by atoms with Crippen molar-refractivity contribution in [2.24, 2.45) is 0 Å². The van der Waals surface area contributed by atoms with Gasteiger partial charge in [-0.25, -0.2) is 0 Å². The highest BCUT2D eigenvalue weighted by atomic mass is 19.4. The Morgan fingerprint density at radius 2 is 2.06 bits per heavy atom. The highest BCUT2D eigenvalue weighted by Crippen LogP contribution is 2.30. The zero-order valence-corrected chi connectivity index (χ0v) is 19.1. The lowest BCUT2D eigenvalue weighted by molar-refractivity contribution is -0.274. The minimum absolute atomic E-state index is 0.00103. The Labute approximate surface area is 196 Å². The van der Waals surface area contributed by atoms with E-state index in [2.05, 4.69) is 15.0 Å². The molecule has 1 aromatic carbocycles. The summed E-state index contributed by atoms with van der Waals surface area (Å²) in [4.78, 5) is 31.3. The zero-order chi connectivity index (χ0) is 24.5. The lowest BCUT2D eigenvalue weighted by Crippen LogP contribution is -2.49. The summed E-state index contributed by atoms with van der Waals surface area (Å²) in [6, 6.07) is 5.36. The number of benzene rings is 1. The molecule has 3 saturated heterocycles. The number of ether oxygens (including phenoxy) is 1. The summed E-state index contributed by atoms with van der Waals surface area (Å²) in [5.74, 6) is -0.363. The van der Waals surface area contributed by atoms with Gasteiger partial charge in [0.1, 0.15) is 11.8 Å². The molecule has 0 bridgehead atoms. The number of hydrogen-bond acceptors (Lipinski definition) is 6. The van der Waals surface area contributed by atoms with Gasteiger partial charge in [0.2, 0.25) is 11.8 Å². The van der Waals surface area contributed by atoms with Gasteiger partial charge in [0.05, 0.1) is 6.10 Å². The third-order valence-corrected chi connectivity index (χ3v) is 7.07. The summed E-state index contributed by atoms with van der Waals surface area (Å²) < 4.78 is 41.7. The van der Waals surface area contributed by atoms with Crippen molar-refractivity contribution in [1.29, 1.82) is 0 Å². The van der Waals surface area contributed by atoms with Gasteiger partial charge in [0, 0.05) is 51.2 Å². The van der Waals surface area contributed by atoms with Crippen LogP contribution in [0.2, 0.25) is 0 Å². The molecule has 11 heteroatoms. The normalized spacial score (nSPS) is 28.5. The number of hydrogen-bond donors (Lipinski definition) is 2. The van der Waals surface area contributed by atoms with Crippen LogP contribution in [-0.2, 0) is 16.1 Å².